The Hall–Kier alpha value is -0.870. The van der Waals surface area contributed by atoms with E-state index in [1.165, 1.54) is 11.3 Å². The van der Waals surface area contributed by atoms with Crippen LogP contribution in [0.25, 0.3) is 0 Å². The topological polar surface area (TPSA) is 49.3 Å². The molecular weight excluding hydrogens is 210 g/mol. The summed E-state index contributed by atoms with van der Waals surface area (Å²) in [5.74, 6) is -0.846. The Morgan fingerprint density at radius 3 is 2.67 bits per heavy atom. The molecule has 0 aliphatic carbocycles. The SMILES string of the molecule is CCC(C)(C)NCc1ccc(C(=O)O)s1. The van der Waals surface area contributed by atoms with Crippen molar-refractivity contribution < 1.29 is 9.90 Å². The molecule has 0 aliphatic rings. The van der Waals surface area contributed by atoms with E-state index >= 15 is 0 Å². The van der Waals surface area contributed by atoms with Gasteiger partial charge in [-0.1, -0.05) is 6.92 Å². The minimum atomic E-state index is -0.846. The van der Waals surface area contributed by atoms with Crippen LogP contribution in [0.4, 0.5) is 0 Å². The zero-order valence-electron chi connectivity index (χ0n) is 9.33. The smallest absolute Gasteiger partial charge is 0.345 e. The largest absolute Gasteiger partial charge is 0.477 e. The molecule has 0 unspecified atom stereocenters. The van der Waals surface area contributed by atoms with Crippen LogP contribution < -0.4 is 5.32 Å². The number of carbonyl (C=O) groups is 1. The maximum absolute atomic E-state index is 10.7. The van der Waals surface area contributed by atoms with Crippen molar-refractivity contribution in [3.05, 3.63) is 21.9 Å². The van der Waals surface area contributed by atoms with E-state index in [0.717, 1.165) is 17.8 Å². The van der Waals surface area contributed by atoms with Gasteiger partial charge >= 0.3 is 5.97 Å². The van der Waals surface area contributed by atoms with Crippen molar-refractivity contribution in [2.45, 2.75) is 39.3 Å². The summed E-state index contributed by atoms with van der Waals surface area (Å²) in [7, 11) is 0. The predicted molar refractivity (Wildman–Crippen MR) is 62.5 cm³/mol. The fraction of sp³-hybridized carbons (Fsp3) is 0.545. The number of nitrogens with one attached hydrogen (secondary N) is 1. The Bertz CT molecular complexity index is 344. The monoisotopic (exact) mass is 227 g/mol. The first-order valence-corrected chi connectivity index (χ1v) is 5.83. The third-order valence-electron chi connectivity index (χ3n) is 2.50. The van der Waals surface area contributed by atoms with Crippen molar-refractivity contribution >= 4 is 17.3 Å². The van der Waals surface area contributed by atoms with E-state index in [1.54, 1.807) is 6.07 Å². The van der Waals surface area contributed by atoms with Gasteiger partial charge < -0.3 is 10.4 Å². The minimum Gasteiger partial charge on any atom is -0.477 e. The molecule has 0 amide bonds. The standard InChI is InChI=1S/C11H17NO2S/c1-4-11(2,3)12-7-8-5-6-9(15-8)10(13)14/h5-6,12H,4,7H2,1-3H3,(H,13,14). The van der Waals surface area contributed by atoms with Crippen molar-refractivity contribution in [3.8, 4) is 0 Å². The van der Waals surface area contributed by atoms with Crippen LogP contribution in [-0.2, 0) is 6.54 Å². The Morgan fingerprint density at radius 1 is 1.53 bits per heavy atom. The molecule has 3 nitrogen and oxygen atoms in total. The average Bonchev–Trinajstić information content (AvgIpc) is 2.63. The predicted octanol–water partition coefficient (Wildman–Crippen LogP) is 2.72. The summed E-state index contributed by atoms with van der Waals surface area (Å²) in [6.07, 6.45) is 1.05. The van der Waals surface area contributed by atoms with Gasteiger partial charge in [-0.05, 0) is 32.4 Å². The molecule has 4 heteroatoms. The van der Waals surface area contributed by atoms with E-state index in [0.29, 0.717) is 4.88 Å². The third kappa shape index (κ3) is 3.64. The Morgan fingerprint density at radius 2 is 2.20 bits per heavy atom. The highest BCUT2D eigenvalue weighted by Crippen LogP contribution is 2.17. The Balaban J connectivity index is 2.55. The van der Waals surface area contributed by atoms with E-state index in [2.05, 4.69) is 26.1 Å². The minimum absolute atomic E-state index is 0.105. The average molecular weight is 227 g/mol. The van der Waals surface area contributed by atoms with Gasteiger partial charge in [-0.2, -0.15) is 0 Å². The van der Waals surface area contributed by atoms with Gasteiger partial charge in [-0.3, -0.25) is 0 Å². The van der Waals surface area contributed by atoms with Crippen LogP contribution in [0.1, 0.15) is 41.7 Å². The van der Waals surface area contributed by atoms with E-state index in [9.17, 15) is 4.79 Å². The summed E-state index contributed by atoms with van der Waals surface area (Å²) in [6, 6.07) is 3.52. The first-order valence-electron chi connectivity index (χ1n) is 5.01. The molecule has 0 aromatic carbocycles. The summed E-state index contributed by atoms with van der Waals surface area (Å²) < 4.78 is 0. The van der Waals surface area contributed by atoms with Gasteiger partial charge in [0.2, 0.25) is 0 Å². The molecule has 0 atom stereocenters. The molecule has 1 aromatic heterocycles. The highest BCUT2D eigenvalue weighted by atomic mass is 32.1. The third-order valence-corrected chi connectivity index (χ3v) is 3.57. The molecule has 0 fully saturated rings. The maximum Gasteiger partial charge on any atom is 0.345 e. The van der Waals surface area contributed by atoms with Crippen molar-refractivity contribution in [3.63, 3.8) is 0 Å². The Labute approximate surface area is 94.1 Å². The van der Waals surface area contributed by atoms with Gasteiger partial charge in [0.25, 0.3) is 0 Å². The summed E-state index contributed by atoms with van der Waals surface area (Å²) in [4.78, 5) is 12.1. The molecule has 1 rings (SSSR count). The summed E-state index contributed by atoms with van der Waals surface area (Å²) in [5.41, 5.74) is 0.105. The van der Waals surface area contributed by atoms with E-state index in [1.807, 2.05) is 6.07 Å². The van der Waals surface area contributed by atoms with E-state index in [-0.39, 0.29) is 5.54 Å². The second-order valence-electron chi connectivity index (χ2n) is 4.16. The molecule has 2 N–H and O–H groups in total. The van der Waals surface area contributed by atoms with Crippen LogP contribution in [0.5, 0.6) is 0 Å². The van der Waals surface area contributed by atoms with Gasteiger partial charge in [-0.25, -0.2) is 4.79 Å². The van der Waals surface area contributed by atoms with Crippen LogP contribution in [0.2, 0.25) is 0 Å². The number of carboxylic acids is 1. The van der Waals surface area contributed by atoms with Crippen molar-refractivity contribution in [1.82, 2.24) is 5.32 Å². The second kappa shape index (κ2) is 4.77. The van der Waals surface area contributed by atoms with Gasteiger partial charge in [0.15, 0.2) is 0 Å². The van der Waals surface area contributed by atoms with Crippen LogP contribution in [0.15, 0.2) is 12.1 Å². The van der Waals surface area contributed by atoms with Crippen LogP contribution in [0, 0.1) is 0 Å². The van der Waals surface area contributed by atoms with E-state index in [4.69, 9.17) is 5.11 Å². The quantitative estimate of drug-likeness (QED) is 0.813. The molecule has 1 aromatic rings. The highest BCUT2D eigenvalue weighted by Gasteiger charge is 2.14. The number of hydrogen-bond donors (Lipinski definition) is 2. The van der Waals surface area contributed by atoms with Gasteiger partial charge in [-0.15, -0.1) is 11.3 Å². The molecule has 0 radical (unpaired) electrons. The van der Waals surface area contributed by atoms with E-state index < -0.39 is 5.97 Å². The lowest BCUT2D eigenvalue weighted by molar-refractivity contribution is 0.0702. The highest BCUT2D eigenvalue weighted by molar-refractivity contribution is 7.13. The summed E-state index contributed by atoms with van der Waals surface area (Å²) in [6.45, 7) is 7.14. The molecule has 84 valence electrons. The van der Waals surface area contributed by atoms with Crippen LogP contribution in [0.3, 0.4) is 0 Å². The van der Waals surface area contributed by atoms with Gasteiger partial charge in [0.1, 0.15) is 4.88 Å². The number of carboxylic acid groups (broad SMARTS) is 1. The maximum atomic E-state index is 10.7. The number of rotatable bonds is 5. The second-order valence-corrected chi connectivity index (χ2v) is 5.33. The molecule has 0 bridgehead atoms. The zero-order chi connectivity index (χ0) is 11.5. The normalized spacial score (nSPS) is 11.7. The molecule has 0 saturated heterocycles. The van der Waals surface area contributed by atoms with Crippen molar-refractivity contribution in [2.75, 3.05) is 0 Å². The fourth-order valence-electron chi connectivity index (χ4n) is 1.04. The zero-order valence-corrected chi connectivity index (χ0v) is 10.1. The fourth-order valence-corrected chi connectivity index (χ4v) is 1.83. The number of thiophene rings is 1. The lowest BCUT2D eigenvalue weighted by Gasteiger charge is -2.24. The van der Waals surface area contributed by atoms with Gasteiger partial charge in [0, 0.05) is 17.0 Å². The lowest BCUT2D eigenvalue weighted by Crippen LogP contribution is -2.37. The molecule has 15 heavy (non-hydrogen) atoms. The lowest BCUT2D eigenvalue weighted by atomic mass is 10.0. The molecule has 1 heterocycles. The van der Waals surface area contributed by atoms with Crippen LogP contribution >= 0.6 is 11.3 Å². The molecule has 0 saturated carbocycles. The van der Waals surface area contributed by atoms with Crippen LogP contribution in [-0.4, -0.2) is 16.6 Å². The first kappa shape index (κ1) is 12.2. The van der Waals surface area contributed by atoms with Crippen molar-refractivity contribution in [1.29, 1.82) is 0 Å². The molecule has 0 spiro atoms. The summed E-state index contributed by atoms with van der Waals surface area (Å²) >= 11 is 1.33. The Kier molecular flexibility index (Phi) is 3.88. The van der Waals surface area contributed by atoms with Crippen molar-refractivity contribution in [2.24, 2.45) is 0 Å². The van der Waals surface area contributed by atoms with Gasteiger partial charge in [0.05, 0.1) is 0 Å². The first-order chi connectivity index (χ1) is 6.94. The number of hydrogen-bond acceptors (Lipinski definition) is 3. The molecule has 0 aliphatic heterocycles. The molecular formula is C11H17NO2S. The number of aromatic carboxylic acids is 1. The summed E-state index contributed by atoms with van der Waals surface area (Å²) in [5, 5.41) is 12.2.